The van der Waals surface area contributed by atoms with Crippen LogP contribution in [0.4, 0.5) is 10.8 Å². The third kappa shape index (κ3) is 3.56. The number of anilines is 2. The zero-order valence-electron chi connectivity index (χ0n) is 9.11. The number of aromatic nitrogens is 1. The highest BCUT2D eigenvalue weighted by atomic mass is 127. The largest absolute Gasteiger partial charge is 0.375 e. The summed E-state index contributed by atoms with van der Waals surface area (Å²) in [6, 6.07) is 5.44. The maximum absolute atomic E-state index is 11.8. The van der Waals surface area contributed by atoms with Crippen molar-refractivity contribution in [3.63, 3.8) is 0 Å². The predicted octanol–water partition coefficient (Wildman–Crippen LogP) is 3.16. The lowest BCUT2D eigenvalue weighted by atomic mass is 10.3. The number of halogens is 2. The van der Waals surface area contributed by atoms with Crippen LogP contribution in [0.15, 0.2) is 23.6 Å². The summed E-state index contributed by atoms with van der Waals surface area (Å²) in [5, 5.41) is 5.50. The van der Waals surface area contributed by atoms with Gasteiger partial charge in [-0.15, -0.1) is 11.3 Å². The second kappa shape index (κ2) is 5.85. The molecule has 1 heterocycles. The van der Waals surface area contributed by atoms with E-state index in [1.165, 1.54) is 11.3 Å². The first-order valence-corrected chi connectivity index (χ1v) is 7.33. The van der Waals surface area contributed by atoms with Gasteiger partial charge < -0.3 is 11.1 Å². The van der Waals surface area contributed by atoms with Gasteiger partial charge in [0.25, 0.3) is 0 Å². The molecule has 4 nitrogen and oxygen atoms in total. The van der Waals surface area contributed by atoms with E-state index in [1.807, 2.05) is 6.07 Å². The molecule has 0 saturated carbocycles. The van der Waals surface area contributed by atoms with Crippen molar-refractivity contribution in [1.82, 2.24) is 4.98 Å². The maximum Gasteiger partial charge on any atom is 0.230 e. The maximum atomic E-state index is 11.8. The van der Waals surface area contributed by atoms with Gasteiger partial charge in [-0.3, -0.25) is 4.79 Å². The summed E-state index contributed by atoms with van der Waals surface area (Å²) in [4.78, 5) is 15.8. The number of hydrogen-bond donors (Lipinski definition) is 2. The number of carbonyl (C=O) groups is 1. The predicted molar refractivity (Wildman–Crippen MR) is 83.0 cm³/mol. The highest BCUT2D eigenvalue weighted by molar-refractivity contribution is 14.1. The van der Waals surface area contributed by atoms with Crippen molar-refractivity contribution >= 4 is 62.3 Å². The van der Waals surface area contributed by atoms with Crippen LogP contribution in [0.5, 0.6) is 0 Å². The van der Waals surface area contributed by atoms with Crippen molar-refractivity contribution in [3.8, 4) is 0 Å². The summed E-state index contributed by atoms with van der Waals surface area (Å²) in [7, 11) is 0. The van der Waals surface area contributed by atoms with Gasteiger partial charge in [0.05, 0.1) is 22.8 Å². The second-order valence-electron chi connectivity index (χ2n) is 3.53. The van der Waals surface area contributed by atoms with Gasteiger partial charge in [-0.1, -0.05) is 11.6 Å². The molecule has 1 aromatic carbocycles. The van der Waals surface area contributed by atoms with Crippen LogP contribution in [0.3, 0.4) is 0 Å². The number of thiazole rings is 1. The van der Waals surface area contributed by atoms with Crippen LogP contribution < -0.4 is 11.1 Å². The summed E-state index contributed by atoms with van der Waals surface area (Å²) in [5.41, 5.74) is 6.77. The first-order chi connectivity index (χ1) is 8.54. The second-order valence-corrected chi connectivity index (χ2v) is 6.07. The van der Waals surface area contributed by atoms with Crippen molar-refractivity contribution in [3.05, 3.63) is 37.9 Å². The number of nitrogens with two attached hydrogens (primary N) is 1. The molecule has 1 aromatic heterocycles. The summed E-state index contributed by atoms with van der Waals surface area (Å²) in [6.45, 7) is 0. The van der Waals surface area contributed by atoms with Crippen LogP contribution in [0.1, 0.15) is 5.69 Å². The van der Waals surface area contributed by atoms with Crippen molar-refractivity contribution in [2.45, 2.75) is 6.42 Å². The van der Waals surface area contributed by atoms with E-state index < -0.39 is 0 Å². The molecule has 0 aliphatic carbocycles. The van der Waals surface area contributed by atoms with Crippen LogP contribution >= 0.6 is 45.5 Å². The number of carbonyl (C=O) groups excluding carboxylic acids is 1. The van der Waals surface area contributed by atoms with Crippen LogP contribution in [0.2, 0.25) is 5.02 Å². The Morgan fingerprint density at radius 3 is 2.94 bits per heavy atom. The Morgan fingerprint density at radius 2 is 2.33 bits per heavy atom. The van der Waals surface area contributed by atoms with Crippen LogP contribution in [-0.2, 0) is 11.2 Å². The topological polar surface area (TPSA) is 68.0 Å². The number of rotatable bonds is 3. The minimum Gasteiger partial charge on any atom is -0.375 e. The van der Waals surface area contributed by atoms with E-state index in [1.54, 1.807) is 17.5 Å². The SMILES string of the molecule is Nc1nc(CC(=O)Nc2ccc(I)cc2Cl)cs1. The van der Waals surface area contributed by atoms with Crippen molar-refractivity contribution in [1.29, 1.82) is 0 Å². The van der Waals surface area contributed by atoms with Crippen molar-refractivity contribution < 1.29 is 4.79 Å². The van der Waals surface area contributed by atoms with Gasteiger partial charge in [-0.05, 0) is 40.8 Å². The van der Waals surface area contributed by atoms with E-state index in [0.29, 0.717) is 21.5 Å². The highest BCUT2D eigenvalue weighted by Crippen LogP contribution is 2.24. The fourth-order valence-electron chi connectivity index (χ4n) is 1.35. The smallest absolute Gasteiger partial charge is 0.230 e. The lowest BCUT2D eigenvalue weighted by Gasteiger charge is -2.06. The van der Waals surface area contributed by atoms with E-state index in [4.69, 9.17) is 17.3 Å². The van der Waals surface area contributed by atoms with Gasteiger partial charge in [-0.25, -0.2) is 4.98 Å². The van der Waals surface area contributed by atoms with E-state index in [9.17, 15) is 4.79 Å². The average Bonchev–Trinajstić information content (AvgIpc) is 2.68. The Balaban J connectivity index is 2.03. The number of nitrogens with zero attached hydrogens (tertiary/aromatic N) is 1. The molecule has 0 bridgehead atoms. The molecule has 0 atom stereocenters. The molecule has 7 heteroatoms. The van der Waals surface area contributed by atoms with Crippen LogP contribution in [0, 0.1) is 3.57 Å². The Bertz CT molecular complexity index is 587. The first kappa shape index (κ1) is 13.6. The Hall–Kier alpha value is -0.860. The molecule has 0 fully saturated rings. The van der Waals surface area contributed by atoms with E-state index in [2.05, 4.69) is 32.9 Å². The molecule has 0 aliphatic heterocycles. The standard InChI is InChI=1S/C11H9ClIN3OS/c12-8-3-6(13)1-2-9(8)16-10(17)4-7-5-18-11(14)15-7/h1-3,5H,4H2,(H2,14,15)(H,16,17). The van der Waals surface area contributed by atoms with Crippen LogP contribution in [0.25, 0.3) is 0 Å². The number of nitrogen functional groups attached to an aromatic ring is 1. The first-order valence-electron chi connectivity index (χ1n) is 4.99. The van der Waals surface area contributed by atoms with E-state index in [-0.39, 0.29) is 12.3 Å². The molecule has 0 radical (unpaired) electrons. The Kier molecular flexibility index (Phi) is 4.41. The lowest BCUT2D eigenvalue weighted by molar-refractivity contribution is -0.115. The Morgan fingerprint density at radius 1 is 1.56 bits per heavy atom. The molecule has 2 rings (SSSR count). The third-order valence-corrected chi connectivity index (χ3v) is 3.82. The summed E-state index contributed by atoms with van der Waals surface area (Å²) in [5.74, 6) is -0.164. The monoisotopic (exact) mass is 393 g/mol. The van der Waals surface area contributed by atoms with Crippen molar-refractivity contribution in [2.75, 3.05) is 11.1 Å². The van der Waals surface area contributed by atoms with E-state index >= 15 is 0 Å². The molecule has 0 unspecified atom stereocenters. The minimum absolute atomic E-state index is 0.164. The zero-order chi connectivity index (χ0) is 13.1. The molecule has 1 amide bonds. The Labute approximate surface area is 127 Å². The molecule has 18 heavy (non-hydrogen) atoms. The minimum atomic E-state index is -0.164. The molecule has 94 valence electrons. The average molecular weight is 394 g/mol. The molecule has 0 saturated heterocycles. The van der Waals surface area contributed by atoms with Gasteiger partial charge in [0.1, 0.15) is 0 Å². The fraction of sp³-hybridized carbons (Fsp3) is 0.0909. The van der Waals surface area contributed by atoms with Gasteiger partial charge >= 0.3 is 0 Å². The van der Waals surface area contributed by atoms with Crippen LogP contribution in [-0.4, -0.2) is 10.9 Å². The lowest BCUT2D eigenvalue weighted by Crippen LogP contribution is -2.15. The quantitative estimate of drug-likeness (QED) is 0.787. The van der Waals surface area contributed by atoms with E-state index in [0.717, 1.165) is 3.57 Å². The van der Waals surface area contributed by atoms with Gasteiger partial charge in [-0.2, -0.15) is 0 Å². The number of nitrogens with one attached hydrogen (secondary N) is 1. The van der Waals surface area contributed by atoms with Gasteiger partial charge in [0, 0.05) is 8.95 Å². The molecule has 0 aliphatic rings. The molecular weight excluding hydrogens is 385 g/mol. The normalized spacial score (nSPS) is 10.3. The molecule has 3 N–H and O–H groups in total. The molecular formula is C11H9ClIN3OS. The number of benzene rings is 1. The zero-order valence-corrected chi connectivity index (χ0v) is 12.8. The van der Waals surface area contributed by atoms with Gasteiger partial charge in [0.2, 0.25) is 5.91 Å². The summed E-state index contributed by atoms with van der Waals surface area (Å²) >= 11 is 9.50. The van der Waals surface area contributed by atoms with Crippen molar-refractivity contribution in [2.24, 2.45) is 0 Å². The number of amides is 1. The summed E-state index contributed by atoms with van der Waals surface area (Å²) < 4.78 is 1.02. The fourth-order valence-corrected chi connectivity index (χ4v) is 2.82. The van der Waals surface area contributed by atoms with Gasteiger partial charge in [0.15, 0.2) is 5.13 Å². The third-order valence-electron chi connectivity index (χ3n) is 2.12. The number of hydrogen-bond acceptors (Lipinski definition) is 4. The molecule has 2 aromatic rings. The highest BCUT2D eigenvalue weighted by Gasteiger charge is 2.09. The summed E-state index contributed by atoms with van der Waals surface area (Å²) in [6.07, 6.45) is 0.190. The molecule has 0 spiro atoms.